The van der Waals surface area contributed by atoms with Crippen LogP contribution in [-0.4, -0.2) is 71.8 Å². The lowest BCUT2D eigenvalue weighted by atomic mass is 9.65. The van der Waals surface area contributed by atoms with Crippen LogP contribution in [-0.2, 0) is 24.5 Å². The maximum Gasteiger partial charge on any atom is 0.329 e. The largest absolute Gasteiger partial charge is 0.497 e. The fraction of sp³-hybridized carbons (Fsp3) is 0.213. The molecule has 4 amide bonds. The van der Waals surface area contributed by atoms with E-state index >= 15 is 19.2 Å². The van der Waals surface area contributed by atoms with E-state index in [4.69, 9.17) is 14.2 Å². The molecule has 10 rings (SSSR count). The van der Waals surface area contributed by atoms with Gasteiger partial charge in [0.25, 0.3) is 0 Å². The standard InChI is InChI=1S/C61H54N4O9/c1-39(42-17-7-3-8-18-42)63-60(71)64-49-34-31-41(28-27-40-29-32-46(72-2)33-30-40)37-48(49)61(59(64)70)52(57(68)62-38-50(67)43-19-9-4-10-20-43)54-58(69)74-55(45-23-13-6-14-24-45)53(44-21-11-5-12-22-44)65(54)56(61)47-25-15-16-26-51(47)73-36-35-66/h3-26,29-34,37,39,50,52-56,66-67H,35-36,38H2,1-2H3,(H,62,68)(H,63,71)/t39-,50+,52+,53+,54+,55-,56-,61+/m1/s1. The third-order valence-electron chi connectivity index (χ3n) is 14.2. The summed E-state index contributed by atoms with van der Waals surface area (Å²) in [5.74, 6) is 3.46. The maximum atomic E-state index is 16.9. The van der Waals surface area contributed by atoms with Crippen molar-refractivity contribution in [2.24, 2.45) is 5.92 Å². The zero-order chi connectivity index (χ0) is 51.3. The summed E-state index contributed by atoms with van der Waals surface area (Å²) in [7, 11) is 1.58. The van der Waals surface area contributed by atoms with Crippen molar-refractivity contribution in [3.8, 4) is 23.3 Å². The molecule has 3 aliphatic heterocycles. The van der Waals surface area contributed by atoms with Gasteiger partial charge in [-0.15, -0.1) is 0 Å². The second-order valence-electron chi connectivity index (χ2n) is 18.5. The molecule has 2 fully saturated rings. The SMILES string of the molecule is COc1ccc(C#Cc2ccc3c(c2)[C@]2(C(=O)N3C(=O)N[C@H](C)c3ccccc3)[C@H](C(=O)NC[C@H](O)c3ccccc3)[C@H]3C(=O)O[C@H](c4ccccc4)[C@H](c4ccccc4)N3[C@@H]2c2ccccc2OCCO)cc1. The number of rotatable bonds is 13. The van der Waals surface area contributed by atoms with Crippen molar-refractivity contribution in [1.82, 2.24) is 15.5 Å². The zero-order valence-corrected chi connectivity index (χ0v) is 40.7. The van der Waals surface area contributed by atoms with Crippen molar-refractivity contribution >= 4 is 29.5 Å². The van der Waals surface area contributed by atoms with Gasteiger partial charge >= 0.3 is 12.0 Å². The number of fused-ring (bicyclic) bond motifs is 3. The van der Waals surface area contributed by atoms with Crippen LogP contribution >= 0.6 is 0 Å². The minimum absolute atomic E-state index is 0.125. The number of aliphatic hydroxyl groups is 2. The van der Waals surface area contributed by atoms with E-state index in [1.54, 1.807) is 86.0 Å². The number of benzene rings is 7. The van der Waals surface area contributed by atoms with Gasteiger partial charge in [0.05, 0.1) is 49.6 Å². The molecule has 74 heavy (non-hydrogen) atoms. The first-order valence-corrected chi connectivity index (χ1v) is 24.6. The molecule has 7 aromatic rings. The smallest absolute Gasteiger partial charge is 0.329 e. The number of carbonyl (C=O) groups excluding carboxylic acids is 4. The van der Waals surface area contributed by atoms with Gasteiger partial charge in [-0.25, -0.2) is 9.69 Å². The number of imide groups is 1. The summed E-state index contributed by atoms with van der Waals surface area (Å²) in [4.78, 5) is 66.7. The predicted octanol–water partition coefficient (Wildman–Crippen LogP) is 8.45. The van der Waals surface area contributed by atoms with Gasteiger partial charge in [0, 0.05) is 23.2 Å². The molecule has 3 heterocycles. The topological polar surface area (TPSA) is 167 Å². The summed E-state index contributed by atoms with van der Waals surface area (Å²) in [5, 5.41) is 27.8. The molecule has 0 radical (unpaired) electrons. The van der Waals surface area contributed by atoms with E-state index in [1.165, 1.54) is 0 Å². The van der Waals surface area contributed by atoms with Crippen molar-refractivity contribution in [2.75, 3.05) is 31.8 Å². The Labute approximate surface area is 429 Å². The quantitative estimate of drug-likeness (QED) is 0.0651. The number of morpholine rings is 1. The Bertz CT molecular complexity index is 3220. The summed E-state index contributed by atoms with van der Waals surface area (Å²) < 4.78 is 18.4. The normalized spacial score (nSPS) is 21.6. The molecule has 0 aromatic heterocycles. The van der Waals surface area contributed by atoms with Gasteiger partial charge in [-0.2, -0.15) is 0 Å². The van der Waals surface area contributed by atoms with E-state index < -0.39 is 71.5 Å². The van der Waals surface area contributed by atoms with Crippen LogP contribution in [0, 0.1) is 17.8 Å². The highest BCUT2D eigenvalue weighted by molar-refractivity contribution is 6.24. The Kier molecular flexibility index (Phi) is 14.1. The number of aliphatic hydroxyl groups excluding tert-OH is 2. The lowest BCUT2D eigenvalue weighted by Crippen LogP contribution is -2.56. The second-order valence-corrected chi connectivity index (χ2v) is 18.5. The molecule has 13 heteroatoms. The van der Waals surface area contributed by atoms with Crippen LogP contribution in [0.2, 0.25) is 0 Å². The van der Waals surface area contributed by atoms with Gasteiger partial charge in [0.2, 0.25) is 11.8 Å². The van der Waals surface area contributed by atoms with Crippen LogP contribution in [0.4, 0.5) is 10.5 Å². The highest BCUT2D eigenvalue weighted by Crippen LogP contribution is 2.66. The van der Waals surface area contributed by atoms with Crippen LogP contribution in [0.25, 0.3) is 0 Å². The maximum absolute atomic E-state index is 16.9. The summed E-state index contributed by atoms with van der Waals surface area (Å²) >= 11 is 0. The molecular formula is C61H54N4O9. The fourth-order valence-electron chi connectivity index (χ4n) is 10.9. The van der Waals surface area contributed by atoms with E-state index in [0.29, 0.717) is 39.1 Å². The number of para-hydroxylation sites is 1. The number of amides is 4. The molecule has 3 aliphatic rings. The van der Waals surface area contributed by atoms with Crippen LogP contribution in [0.15, 0.2) is 188 Å². The van der Waals surface area contributed by atoms with Crippen LogP contribution in [0.3, 0.4) is 0 Å². The van der Waals surface area contributed by atoms with Crippen molar-refractivity contribution in [3.63, 3.8) is 0 Å². The Hall–Kier alpha value is -8.54. The number of ether oxygens (including phenoxy) is 3. The number of urea groups is 1. The number of cyclic esters (lactones) is 1. The van der Waals surface area contributed by atoms with E-state index in [1.807, 2.05) is 121 Å². The molecule has 0 aliphatic carbocycles. The van der Waals surface area contributed by atoms with Crippen LogP contribution < -0.4 is 25.0 Å². The highest BCUT2D eigenvalue weighted by Gasteiger charge is 2.76. The third kappa shape index (κ3) is 9.04. The molecule has 2 saturated heterocycles. The average molecular weight is 987 g/mol. The van der Waals surface area contributed by atoms with Gasteiger partial charge in [-0.05, 0) is 83.3 Å². The minimum Gasteiger partial charge on any atom is -0.497 e. The monoisotopic (exact) mass is 986 g/mol. The minimum atomic E-state index is -2.15. The van der Waals surface area contributed by atoms with E-state index in [0.717, 1.165) is 10.5 Å². The van der Waals surface area contributed by atoms with E-state index in [2.05, 4.69) is 22.5 Å². The Balaban J connectivity index is 1.26. The second kappa shape index (κ2) is 21.3. The number of hydrogen-bond acceptors (Lipinski definition) is 10. The Morgan fingerprint density at radius 2 is 1.32 bits per heavy atom. The molecular weight excluding hydrogens is 933 g/mol. The predicted molar refractivity (Wildman–Crippen MR) is 278 cm³/mol. The van der Waals surface area contributed by atoms with Gasteiger partial charge in [-0.3, -0.25) is 19.3 Å². The molecule has 372 valence electrons. The molecule has 0 unspecified atom stereocenters. The first-order valence-electron chi connectivity index (χ1n) is 24.6. The van der Waals surface area contributed by atoms with Gasteiger partial charge in [0.1, 0.15) is 35.7 Å². The Morgan fingerprint density at radius 1 is 0.730 bits per heavy atom. The van der Waals surface area contributed by atoms with Crippen LogP contribution in [0.1, 0.15) is 81.8 Å². The highest BCUT2D eigenvalue weighted by atomic mass is 16.6. The van der Waals surface area contributed by atoms with Gasteiger partial charge in [0.15, 0.2) is 0 Å². The average Bonchev–Trinajstić information content (AvgIpc) is 4.07. The summed E-state index contributed by atoms with van der Waals surface area (Å²) in [6.07, 6.45) is -2.15. The molecule has 7 aromatic carbocycles. The van der Waals surface area contributed by atoms with Gasteiger partial charge < -0.3 is 35.1 Å². The lowest BCUT2D eigenvalue weighted by molar-refractivity contribution is -0.178. The molecule has 4 N–H and O–H groups in total. The van der Waals surface area contributed by atoms with Crippen molar-refractivity contribution in [1.29, 1.82) is 0 Å². The van der Waals surface area contributed by atoms with Crippen molar-refractivity contribution in [2.45, 2.75) is 48.7 Å². The van der Waals surface area contributed by atoms with Crippen molar-refractivity contribution in [3.05, 3.63) is 233 Å². The van der Waals surface area contributed by atoms with Crippen molar-refractivity contribution < 1.29 is 43.6 Å². The molecule has 8 atom stereocenters. The molecule has 1 spiro atoms. The Morgan fingerprint density at radius 3 is 1.99 bits per heavy atom. The number of hydrogen-bond donors (Lipinski definition) is 4. The summed E-state index contributed by atoms with van der Waals surface area (Å²) in [6, 6.07) is 51.3. The number of nitrogens with one attached hydrogen (secondary N) is 2. The first-order chi connectivity index (χ1) is 36.1. The molecule has 0 saturated carbocycles. The fourth-order valence-corrected chi connectivity index (χ4v) is 10.9. The van der Waals surface area contributed by atoms with Gasteiger partial charge in [-0.1, -0.05) is 151 Å². The molecule has 0 bridgehead atoms. The van der Waals surface area contributed by atoms with E-state index in [-0.39, 0.29) is 36.8 Å². The number of carbonyl (C=O) groups is 4. The number of nitrogens with zero attached hydrogens (tertiary/aromatic N) is 2. The number of esters is 1. The van der Waals surface area contributed by atoms with Crippen LogP contribution in [0.5, 0.6) is 11.5 Å². The number of methoxy groups -OCH3 is 1. The van der Waals surface area contributed by atoms with E-state index in [9.17, 15) is 10.2 Å². The first kappa shape index (κ1) is 49.1. The zero-order valence-electron chi connectivity index (χ0n) is 40.7. The summed E-state index contributed by atoms with van der Waals surface area (Å²) in [6.45, 7) is 1.06. The number of anilines is 1. The lowest BCUT2D eigenvalue weighted by Gasteiger charge is -2.46. The summed E-state index contributed by atoms with van der Waals surface area (Å²) in [5.41, 5.74) is 2.50. The third-order valence-corrected chi connectivity index (χ3v) is 14.2. The molecule has 13 nitrogen and oxygen atoms in total.